The van der Waals surface area contributed by atoms with Crippen molar-refractivity contribution in [2.75, 3.05) is 7.04 Å². The van der Waals surface area contributed by atoms with Gasteiger partial charge in [0.05, 0.1) is 20.6 Å². The molecule has 0 bridgehead atoms. The lowest BCUT2D eigenvalue weighted by atomic mass is 10.0. The molecule has 0 aromatic heterocycles. The summed E-state index contributed by atoms with van der Waals surface area (Å²) in [5, 5.41) is 0.136. The van der Waals surface area contributed by atoms with Crippen LogP contribution in [-0.4, -0.2) is 12.8 Å². The van der Waals surface area contributed by atoms with E-state index in [0.717, 1.165) is 12.0 Å². The highest BCUT2D eigenvalue weighted by Gasteiger charge is 2.15. The first-order valence-corrected chi connectivity index (χ1v) is 7.20. The Morgan fingerprint density at radius 2 is 2.05 bits per heavy atom. The zero-order chi connectivity index (χ0) is 17.2. The van der Waals surface area contributed by atoms with Crippen molar-refractivity contribution in [3.05, 3.63) is 62.6 Å². The molecule has 104 valence electrons. The fourth-order valence-electron chi connectivity index (χ4n) is 1.83. The average molecular weight is 357 g/mol. The van der Waals surface area contributed by atoms with Crippen molar-refractivity contribution in [1.29, 1.82) is 0 Å². The predicted octanol–water partition coefficient (Wildman–Crippen LogP) is 4.90. The van der Waals surface area contributed by atoms with Gasteiger partial charge in [-0.3, -0.25) is 4.79 Å². The highest BCUT2D eigenvalue weighted by Crippen LogP contribution is 2.32. The molecule has 0 aliphatic rings. The van der Waals surface area contributed by atoms with Gasteiger partial charge in [-0.25, -0.2) is 0 Å². The summed E-state index contributed by atoms with van der Waals surface area (Å²) in [6, 6.07) is 10.1. The molecular weight excluding hydrogens is 340 g/mol. The summed E-state index contributed by atoms with van der Waals surface area (Å²) in [4.78, 5) is 12.6. The molecule has 0 aliphatic carbocycles. The quantitative estimate of drug-likeness (QED) is 0.728. The standard InChI is InChI=1S/C16H14BrClO2/c1-3-10-4-6-11(7-5-10)16(19)12-8-13(17)15(20-2)9-14(12)18/h4-9H,3H2,1-2H3/i2D3. The minimum Gasteiger partial charge on any atom is -0.496 e. The number of methoxy groups -OCH3 is 1. The Balaban J connectivity index is 2.35. The molecule has 2 aromatic carbocycles. The van der Waals surface area contributed by atoms with E-state index < -0.39 is 7.04 Å². The van der Waals surface area contributed by atoms with Crippen molar-refractivity contribution in [2.24, 2.45) is 0 Å². The number of ketones is 1. The van der Waals surface area contributed by atoms with E-state index in [-0.39, 0.29) is 22.1 Å². The SMILES string of the molecule is [2H]C([2H])([2H])Oc1cc(Cl)c(C(=O)c2ccc(CC)cc2)cc1Br. The molecule has 0 aliphatic heterocycles. The van der Waals surface area contributed by atoms with E-state index >= 15 is 0 Å². The number of hydrogen-bond donors (Lipinski definition) is 0. The van der Waals surface area contributed by atoms with Gasteiger partial charge in [-0.15, -0.1) is 0 Å². The Labute approximate surface area is 136 Å². The van der Waals surface area contributed by atoms with Gasteiger partial charge < -0.3 is 4.74 Å². The fraction of sp³-hybridized carbons (Fsp3) is 0.188. The summed E-state index contributed by atoms with van der Waals surface area (Å²) in [5.41, 5.74) is 1.93. The third kappa shape index (κ3) is 3.05. The number of benzene rings is 2. The monoisotopic (exact) mass is 355 g/mol. The maximum Gasteiger partial charge on any atom is 0.194 e. The highest BCUT2D eigenvalue weighted by atomic mass is 79.9. The van der Waals surface area contributed by atoms with Crippen molar-refractivity contribution in [3.8, 4) is 5.75 Å². The minimum atomic E-state index is -2.59. The number of carbonyl (C=O) groups excluding carboxylic acids is 1. The number of carbonyl (C=O) groups is 1. The van der Waals surface area contributed by atoms with Crippen LogP contribution in [0.25, 0.3) is 0 Å². The van der Waals surface area contributed by atoms with Crippen LogP contribution >= 0.6 is 27.5 Å². The van der Waals surface area contributed by atoms with E-state index in [0.29, 0.717) is 10.0 Å². The molecule has 0 N–H and O–H groups in total. The van der Waals surface area contributed by atoms with E-state index in [9.17, 15) is 4.79 Å². The number of halogens is 2. The van der Waals surface area contributed by atoms with Crippen LogP contribution in [0.5, 0.6) is 5.75 Å². The maximum atomic E-state index is 12.6. The molecule has 0 radical (unpaired) electrons. The normalized spacial score (nSPS) is 13.2. The lowest BCUT2D eigenvalue weighted by molar-refractivity contribution is 0.103. The molecule has 2 aromatic rings. The van der Waals surface area contributed by atoms with Gasteiger partial charge in [0, 0.05) is 17.2 Å². The van der Waals surface area contributed by atoms with Crippen LogP contribution in [0.15, 0.2) is 40.9 Å². The largest absolute Gasteiger partial charge is 0.496 e. The molecule has 2 rings (SSSR count). The summed E-state index contributed by atoms with van der Waals surface area (Å²) in [6.45, 7) is 2.04. The Kier molecular flexibility index (Phi) is 3.64. The summed E-state index contributed by atoms with van der Waals surface area (Å²) in [6.07, 6.45) is 0.891. The topological polar surface area (TPSA) is 26.3 Å². The molecule has 4 heteroatoms. The second-order valence-corrected chi connectivity index (χ2v) is 5.51. The third-order valence-electron chi connectivity index (χ3n) is 3.00. The summed E-state index contributed by atoms with van der Waals surface area (Å²) in [7, 11) is -2.59. The van der Waals surface area contributed by atoms with Crippen molar-refractivity contribution < 1.29 is 13.6 Å². The van der Waals surface area contributed by atoms with E-state index in [1.54, 1.807) is 12.1 Å². The molecule has 20 heavy (non-hydrogen) atoms. The molecular formula is C16H14BrClO2. The van der Waals surface area contributed by atoms with Crippen LogP contribution in [0.2, 0.25) is 5.02 Å². The number of hydrogen-bond acceptors (Lipinski definition) is 2. The zero-order valence-corrected chi connectivity index (χ0v) is 13.1. The second-order valence-electron chi connectivity index (χ2n) is 4.24. The first kappa shape index (κ1) is 11.4. The molecule has 0 heterocycles. The Morgan fingerprint density at radius 3 is 2.65 bits per heavy atom. The number of rotatable bonds is 4. The van der Waals surface area contributed by atoms with E-state index in [1.165, 1.54) is 12.1 Å². The van der Waals surface area contributed by atoms with Gasteiger partial charge in [-0.1, -0.05) is 42.8 Å². The number of aryl methyl sites for hydroxylation is 1. The van der Waals surface area contributed by atoms with Gasteiger partial charge >= 0.3 is 0 Å². The molecule has 0 unspecified atom stereocenters. The van der Waals surface area contributed by atoms with Crippen LogP contribution in [0.3, 0.4) is 0 Å². The molecule has 0 spiro atoms. The summed E-state index contributed by atoms with van der Waals surface area (Å²) < 4.78 is 26.6. The van der Waals surface area contributed by atoms with E-state index in [4.69, 9.17) is 20.5 Å². The van der Waals surface area contributed by atoms with Gasteiger partial charge in [-0.05, 0) is 34.0 Å². The number of ether oxygens (including phenoxy) is 1. The van der Waals surface area contributed by atoms with Crippen LogP contribution in [0, 0.1) is 0 Å². The predicted molar refractivity (Wildman–Crippen MR) is 85.0 cm³/mol. The Morgan fingerprint density at radius 1 is 1.35 bits per heavy atom. The van der Waals surface area contributed by atoms with Crippen molar-refractivity contribution >= 4 is 33.3 Å². The van der Waals surface area contributed by atoms with Crippen LogP contribution < -0.4 is 4.74 Å². The van der Waals surface area contributed by atoms with Crippen LogP contribution in [0.4, 0.5) is 0 Å². The van der Waals surface area contributed by atoms with Gasteiger partial charge in [0.15, 0.2) is 5.78 Å². The van der Waals surface area contributed by atoms with Gasteiger partial charge in [0.2, 0.25) is 0 Å². The van der Waals surface area contributed by atoms with Crippen molar-refractivity contribution in [2.45, 2.75) is 13.3 Å². The van der Waals surface area contributed by atoms with E-state index in [2.05, 4.69) is 15.9 Å². The Hall–Kier alpha value is -1.32. The molecule has 0 atom stereocenters. The summed E-state index contributed by atoms with van der Waals surface area (Å²) >= 11 is 9.34. The molecule has 0 amide bonds. The molecule has 0 fully saturated rings. The van der Waals surface area contributed by atoms with Gasteiger partial charge in [0.25, 0.3) is 0 Å². The van der Waals surface area contributed by atoms with E-state index in [1.807, 2.05) is 19.1 Å². The lowest BCUT2D eigenvalue weighted by Gasteiger charge is -2.09. The summed E-state index contributed by atoms with van der Waals surface area (Å²) in [5.74, 6) is -0.174. The lowest BCUT2D eigenvalue weighted by Crippen LogP contribution is -2.03. The molecule has 0 saturated heterocycles. The fourth-order valence-corrected chi connectivity index (χ4v) is 2.49. The highest BCUT2D eigenvalue weighted by molar-refractivity contribution is 9.10. The first-order valence-electron chi connectivity index (χ1n) is 7.53. The molecule has 2 nitrogen and oxygen atoms in total. The smallest absolute Gasteiger partial charge is 0.194 e. The third-order valence-corrected chi connectivity index (χ3v) is 3.93. The van der Waals surface area contributed by atoms with Crippen LogP contribution in [0.1, 0.15) is 32.5 Å². The van der Waals surface area contributed by atoms with Crippen molar-refractivity contribution in [1.82, 2.24) is 0 Å². The first-order chi connectivity index (χ1) is 10.7. The van der Waals surface area contributed by atoms with Gasteiger partial charge in [-0.2, -0.15) is 0 Å². The van der Waals surface area contributed by atoms with Crippen molar-refractivity contribution in [3.63, 3.8) is 0 Å². The minimum absolute atomic E-state index is 0.0629. The zero-order valence-electron chi connectivity index (χ0n) is 13.7. The molecule has 0 saturated carbocycles. The van der Waals surface area contributed by atoms with Crippen LogP contribution in [-0.2, 0) is 6.42 Å². The maximum absolute atomic E-state index is 12.6. The van der Waals surface area contributed by atoms with Gasteiger partial charge in [0.1, 0.15) is 5.75 Å². The Bertz CT molecular complexity index is 727. The second kappa shape index (κ2) is 6.42. The average Bonchev–Trinajstić information content (AvgIpc) is 2.48.